The van der Waals surface area contributed by atoms with Gasteiger partial charge in [-0.25, -0.2) is 4.79 Å². The van der Waals surface area contributed by atoms with Crippen LogP contribution in [0.25, 0.3) is 0 Å². The Morgan fingerprint density at radius 2 is 2.18 bits per heavy atom. The lowest BCUT2D eigenvalue weighted by atomic mass is 10.1. The lowest BCUT2D eigenvalue weighted by Gasteiger charge is -2.24. The van der Waals surface area contributed by atoms with Crippen molar-refractivity contribution in [3.63, 3.8) is 0 Å². The van der Waals surface area contributed by atoms with Gasteiger partial charge >= 0.3 is 6.09 Å². The Morgan fingerprint density at radius 1 is 1.45 bits per heavy atom. The highest BCUT2D eigenvalue weighted by molar-refractivity contribution is 5.91. The molecule has 1 atom stereocenters. The van der Waals surface area contributed by atoms with E-state index in [1.165, 1.54) is 0 Å². The molecule has 0 radical (unpaired) electrons. The van der Waals surface area contributed by atoms with Gasteiger partial charge in [0.1, 0.15) is 5.60 Å². The van der Waals surface area contributed by atoms with Crippen LogP contribution in [0.3, 0.4) is 0 Å². The van der Waals surface area contributed by atoms with Crippen molar-refractivity contribution in [3.8, 4) is 0 Å². The number of carbonyl (C=O) groups is 2. The third kappa shape index (κ3) is 4.19. The molecule has 2 amide bonds. The molecule has 0 saturated carbocycles. The summed E-state index contributed by atoms with van der Waals surface area (Å²) < 4.78 is 7.02. The molecule has 1 aliphatic heterocycles. The molecule has 1 aliphatic rings. The van der Waals surface area contributed by atoms with Crippen LogP contribution in [0.1, 0.15) is 37.7 Å². The Bertz CT molecular complexity index is 549. The summed E-state index contributed by atoms with van der Waals surface area (Å²) in [4.78, 5) is 25.2. The lowest BCUT2D eigenvalue weighted by Crippen LogP contribution is -2.35. The first-order chi connectivity index (χ1) is 10.3. The summed E-state index contributed by atoms with van der Waals surface area (Å²) in [6.07, 6.45) is 2.23. The van der Waals surface area contributed by atoms with Crippen molar-refractivity contribution in [1.29, 1.82) is 0 Å². The van der Waals surface area contributed by atoms with E-state index in [4.69, 9.17) is 4.74 Å². The summed E-state index contributed by atoms with van der Waals surface area (Å²) >= 11 is 0. The van der Waals surface area contributed by atoms with Crippen molar-refractivity contribution >= 4 is 12.0 Å². The van der Waals surface area contributed by atoms with E-state index in [1.807, 2.05) is 20.8 Å². The van der Waals surface area contributed by atoms with E-state index in [0.29, 0.717) is 25.3 Å². The largest absolute Gasteiger partial charge is 0.444 e. The van der Waals surface area contributed by atoms with Crippen LogP contribution >= 0.6 is 0 Å². The maximum absolute atomic E-state index is 12.0. The number of aromatic nitrogens is 3. The third-order valence-electron chi connectivity index (χ3n) is 3.38. The van der Waals surface area contributed by atoms with Crippen molar-refractivity contribution in [2.24, 2.45) is 5.92 Å². The standard InChI is InChI=1S/C14H23N5O3/c1-14(2,3)22-13(21)18-6-5-10(7-18)8-19-9-11(16-17-19)12(20)15-4/h9-10H,5-8H2,1-4H3,(H,15,20)/t10-/m0/s1. The van der Waals surface area contributed by atoms with Gasteiger partial charge in [-0.15, -0.1) is 5.10 Å². The third-order valence-corrected chi connectivity index (χ3v) is 3.38. The zero-order valence-corrected chi connectivity index (χ0v) is 13.5. The molecule has 22 heavy (non-hydrogen) atoms. The van der Waals surface area contributed by atoms with Crippen molar-refractivity contribution in [2.75, 3.05) is 20.1 Å². The van der Waals surface area contributed by atoms with E-state index in [2.05, 4.69) is 15.6 Å². The summed E-state index contributed by atoms with van der Waals surface area (Å²) in [5, 5.41) is 10.3. The average molecular weight is 309 g/mol. The second-order valence-corrected chi connectivity index (χ2v) is 6.49. The fourth-order valence-corrected chi connectivity index (χ4v) is 2.36. The Hall–Kier alpha value is -2.12. The maximum Gasteiger partial charge on any atom is 0.410 e. The lowest BCUT2D eigenvalue weighted by molar-refractivity contribution is 0.0286. The van der Waals surface area contributed by atoms with E-state index in [-0.39, 0.29) is 17.9 Å². The van der Waals surface area contributed by atoms with E-state index < -0.39 is 5.60 Å². The number of rotatable bonds is 3. The summed E-state index contributed by atoms with van der Waals surface area (Å²) in [6.45, 7) is 7.50. The molecular formula is C14H23N5O3. The van der Waals surface area contributed by atoms with Crippen LogP contribution in [0.15, 0.2) is 6.20 Å². The molecule has 1 N–H and O–H groups in total. The first-order valence-electron chi connectivity index (χ1n) is 7.38. The Labute approximate surface area is 129 Å². The highest BCUT2D eigenvalue weighted by atomic mass is 16.6. The molecule has 0 aliphatic carbocycles. The van der Waals surface area contributed by atoms with Gasteiger partial charge < -0.3 is 15.0 Å². The fourth-order valence-electron chi connectivity index (χ4n) is 2.36. The van der Waals surface area contributed by atoms with Gasteiger partial charge in [-0.2, -0.15) is 0 Å². The van der Waals surface area contributed by atoms with Gasteiger partial charge in [0.05, 0.1) is 6.20 Å². The summed E-state index contributed by atoms with van der Waals surface area (Å²) in [6, 6.07) is 0. The van der Waals surface area contributed by atoms with Crippen LogP contribution in [-0.4, -0.2) is 57.6 Å². The predicted molar refractivity (Wildman–Crippen MR) is 79.3 cm³/mol. The van der Waals surface area contributed by atoms with Crippen LogP contribution in [0, 0.1) is 5.92 Å². The molecular weight excluding hydrogens is 286 g/mol. The summed E-state index contributed by atoms with van der Waals surface area (Å²) in [5.41, 5.74) is -0.187. The fraction of sp³-hybridized carbons (Fsp3) is 0.714. The van der Waals surface area contributed by atoms with Gasteiger partial charge in [-0.1, -0.05) is 5.21 Å². The first kappa shape index (κ1) is 16.3. The number of hydrogen-bond acceptors (Lipinski definition) is 5. The van der Waals surface area contributed by atoms with Crippen molar-refractivity contribution in [2.45, 2.75) is 39.3 Å². The van der Waals surface area contributed by atoms with E-state index in [1.54, 1.807) is 22.8 Å². The van der Waals surface area contributed by atoms with Gasteiger partial charge in [0.2, 0.25) is 0 Å². The zero-order chi connectivity index (χ0) is 16.3. The van der Waals surface area contributed by atoms with E-state index in [0.717, 1.165) is 6.42 Å². The second-order valence-electron chi connectivity index (χ2n) is 6.49. The molecule has 2 rings (SSSR count). The number of carbonyl (C=O) groups excluding carboxylic acids is 2. The number of nitrogens with one attached hydrogen (secondary N) is 1. The molecule has 122 valence electrons. The highest BCUT2D eigenvalue weighted by Crippen LogP contribution is 2.20. The van der Waals surface area contributed by atoms with Crippen LogP contribution in [-0.2, 0) is 11.3 Å². The number of amides is 2. The van der Waals surface area contributed by atoms with Gasteiger partial charge in [0.15, 0.2) is 5.69 Å². The molecule has 0 unspecified atom stereocenters. The summed E-state index contributed by atoms with van der Waals surface area (Å²) in [5.74, 6) is 0.0276. The number of likely N-dealkylation sites (tertiary alicyclic amines) is 1. The second kappa shape index (κ2) is 6.33. The molecule has 1 aromatic rings. The monoisotopic (exact) mass is 309 g/mol. The Kier molecular flexibility index (Phi) is 4.68. The number of ether oxygens (including phenoxy) is 1. The minimum Gasteiger partial charge on any atom is -0.444 e. The minimum absolute atomic E-state index is 0.256. The van der Waals surface area contributed by atoms with Gasteiger partial charge in [-0.05, 0) is 33.1 Å². The van der Waals surface area contributed by atoms with E-state index in [9.17, 15) is 9.59 Å². The first-order valence-corrected chi connectivity index (χ1v) is 7.38. The van der Waals surface area contributed by atoms with E-state index >= 15 is 0 Å². The molecule has 0 spiro atoms. The van der Waals surface area contributed by atoms with Gasteiger partial charge in [0, 0.05) is 26.7 Å². The van der Waals surface area contributed by atoms with Crippen LogP contribution in [0.5, 0.6) is 0 Å². The zero-order valence-electron chi connectivity index (χ0n) is 13.5. The smallest absolute Gasteiger partial charge is 0.410 e. The molecule has 1 aromatic heterocycles. The molecule has 1 fully saturated rings. The van der Waals surface area contributed by atoms with Crippen LogP contribution in [0.2, 0.25) is 0 Å². The molecule has 0 aromatic carbocycles. The number of nitrogens with zero attached hydrogens (tertiary/aromatic N) is 4. The Morgan fingerprint density at radius 3 is 2.82 bits per heavy atom. The normalized spacial score (nSPS) is 18.4. The SMILES string of the molecule is CNC(=O)c1cn(C[C@H]2CCN(C(=O)OC(C)(C)C)C2)nn1. The van der Waals surface area contributed by atoms with Crippen LogP contribution < -0.4 is 5.32 Å². The van der Waals surface area contributed by atoms with Crippen LogP contribution in [0.4, 0.5) is 4.79 Å². The highest BCUT2D eigenvalue weighted by Gasteiger charge is 2.30. The van der Waals surface area contributed by atoms with Crippen molar-refractivity contribution < 1.29 is 14.3 Å². The molecule has 8 heteroatoms. The predicted octanol–water partition coefficient (Wildman–Crippen LogP) is 0.895. The van der Waals surface area contributed by atoms with Gasteiger partial charge in [0.25, 0.3) is 5.91 Å². The number of hydrogen-bond donors (Lipinski definition) is 1. The summed E-state index contributed by atoms with van der Waals surface area (Å²) in [7, 11) is 1.55. The van der Waals surface area contributed by atoms with Crippen molar-refractivity contribution in [3.05, 3.63) is 11.9 Å². The van der Waals surface area contributed by atoms with Crippen molar-refractivity contribution in [1.82, 2.24) is 25.2 Å². The molecule has 1 saturated heterocycles. The van der Waals surface area contributed by atoms with Gasteiger partial charge in [-0.3, -0.25) is 9.48 Å². The quantitative estimate of drug-likeness (QED) is 0.896. The molecule has 0 bridgehead atoms. The minimum atomic E-state index is -0.483. The Balaban J connectivity index is 1.87. The topological polar surface area (TPSA) is 89.4 Å². The average Bonchev–Trinajstić information content (AvgIpc) is 3.06. The maximum atomic E-state index is 12.0. The molecule has 8 nitrogen and oxygen atoms in total. The molecule has 2 heterocycles.